The molecule has 0 N–H and O–H groups in total. The first-order valence-corrected chi connectivity index (χ1v) is 8.38. The van der Waals surface area contributed by atoms with Crippen molar-refractivity contribution in [3.05, 3.63) is 59.7 Å². The molecule has 1 heterocycles. The third kappa shape index (κ3) is 3.99. The summed E-state index contributed by atoms with van der Waals surface area (Å²) in [5.74, 6) is 0.458. The van der Waals surface area contributed by atoms with E-state index in [1.807, 2.05) is 62.4 Å². The maximum atomic E-state index is 12.4. The highest BCUT2D eigenvalue weighted by molar-refractivity contribution is 5.98. The molecule has 0 spiro atoms. The lowest BCUT2D eigenvalue weighted by molar-refractivity contribution is -0.138. The van der Waals surface area contributed by atoms with Crippen molar-refractivity contribution in [2.75, 3.05) is 31.1 Å². The lowest BCUT2D eigenvalue weighted by Gasteiger charge is -2.34. The standard InChI is InChI=1S/C20H22N2O3/c1-15-7-9-17(10-8-15)22-12-11-21(13-19(22)23)20(24)14-25-18-6-4-3-5-16(18)2/h3-10H,11-14H2,1-2H3. The third-order valence-electron chi connectivity index (χ3n) is 4.36. The summed E-state index contributed by atoms with van der Waals surface area (Å²) in [6.07, 6.45) is 0. The number of amides is 2. The number of para-hydroxylation sites is 1. The smallest absolute Gasteiger partial charge is 0.261 e. The fraction of sp³-hybridized carbons (Fsp3) is 0.300. The number of benzene rings is 2. The number of carbonyl (C=O) groups is 2. The molecule has 0 aromatic heterocycles. The van der Waals surface area contributed by atoms with Gasteiger partial charge in [0.25, 0.3) is 5.91 Å². The first-order valence-electron chi connectivity index (χ1n) is 8.38. The zero-order valence-electron chi connectivity index (χ0n) is 14.6. The molecule has 0 atom stereocenters. The summed E-state index contributed by atoms with van der Waals surface area (Å²) in [6, 6.07) is 15.4. The molecule has 3 rings (SSSR count). The number of ether oxygens (including phenoxy) is 1. The van der Waals surface area contributed by atoms with Crippen LogP contribution in [0.5, 0.6) is 5.75 Å². The minimum Gasteiger partial charge on any atom is -0.484 e. The summed E-state index contributed by atoms with van der Waals surface area (Å²) in [7, 11) is 0. The van der Waals surface area contributed by atoms with E-state index >= 15 is 0 Å². The molecule has 1 aliphatic heterocycles. The molecule has 5 nitrogen and oxygen atoms in total. The molecule has 0 radical (unpaired) electrons. The number of anilines is 1. The molecule has 1 fully saturated rings. The molecule has 0 saturated carbocycles. The summed E-state index contributed by atoms with van der Waals surface area (Å²) in [5.41, 5.74) is 3.01. The number of piperazine rings is 1. The molecule has 0 bridgehead atoms. The van der Waals surface area contributed by atoms with E-state index in [2.05, 4.69) is 0 Å². The van der Waals surface area contributed by atoms with Crippen LogP contribution in [0.15, 0.2) is 48.5 Å². The van der Waals surface area contributed by atoms with E-state index in [1.54, 1.807) is 9.80 Å². The van der Waals surface area contributed by atoms with Crippen molar-refractivity contribution in [2.45, 2.75) is 13.8 Å². The normalized spacial score (nSPS) is 14.6. The number of hydrogen-bond acceptors (Lipinski definition) is 3. The molecule has 2 aromatic carbocycles. The van der Waals surface area contributed by atoms with Crippen molar-refractivity contribution in [3.8, 4) is 5.75 Å². The molecule has 1 saturated heterocycles. The molecule has 2 amide bonds. The van der Waals surface area contributed by atoms with Gasteiger partial charge >= 0.3 is 0 Å². The second-order valence-electron chi connectivity index (χ2n) is 6.25. The van der Waals surface area contributed by atoms with E-state index in [-0.39, 0.29) is 25.0 Å². The monoisotopic (exact) mass is 338 g/mol. The first kappa shape index (κ1) is 17.0. The van der Waals surface area contributed by atoms with Gasteiger partial charge in [-0.25, -0.2) is 0 Å². The Morgan fingerprint density at radius 1 is 1.04 bits per heavy atom. The van der Waals surface area contributed by atoms with Gasteiger partial charge in [-0.3, -0.25) is 9.59 Å². The second-order valence-corrected chi connectivity index (χ2v) is 6.25. The minimum absolute atomic E-state index is 0.0529. The highest BCUT2D eigenvalue weighted by Crippen LogP contribution is 2.19. The predicted octanol–water partition coefficient (Wildman–Crippen LogP) is 2.56. The van der Waals surface area contributed by atoms with Gasteiger partial charge in [-0.2, -0.15) is 0 Å². The fourth-order valence-electron chi connectivity index (χ4n) is 2.83. The number of rotatable bonds is 4. The molecule has 25 heavy (non-hydrogen) atoms. The van der Waals surface area contributed by atoms with Crippen LogP contribution in [0.4, 0.5) is 5.69 Å². The Morgan fingerprint density at radius 3 is 2.44 bits per heavy atom. The lowest BCUT2D eigenvalue weighted by Crippen LogP contribution is -2.53. The summed E-state index contributed by atoms with van der Waals surface area (Å²) in [6.45, 7) is 4.99. The van der Waals surface area contributed by atoms with E-state index in [0.29, 0.717) is 18.8 Å². The largest absolute Gasteiger partial charge is 0.484 e. The summed E-state index contributed by atoms with van der Waals surface area (Å²) in [4.78, 5) is 28.0. The second kappa shape index (κ2) is 7.38. The van der Waals surface area contributed by atoms with Gasteiger partial charge < -0.3 is 14.5 Å². The third-order valence-corrected chi connectivity index (χ3v) is 4.36. The van der Waals surface area contributed by atoms with Crippen LogP contribution in [0.3, 0.4) is 0 Å². The number of aryl methyl sites for hydroxylation is 2. The zero-order chi connectivity index (χ0) is 17.8. The van der Waals surface area contributed by atoms with Gasteiger partial charge in [-0.15, -0.1) is 0 Å². The van der Waals surface area contributed by atoms with E-state index in [0.717, 1.165) is 16.8 Å². The Bertz CT molecular complexity index is 771. The van der Waals surface area contributed by atoms with E-state index in [9.17, 15) is 9.59 Å². The van der Waals surface area contributed by atoms with Crippen molar-refractivity contribution < 1.29 is 14.3 Å². The van der Waals surface area contributed by atoms with Gasteiger partial charge in [0.2, 0.25) is 5.91 Å². The molecule has 1 aliphatic rings. The maximum absolute atomic E-state index is 12.4. The summed E-state index contributed by atoms with van der Waals surface area (Å²) < 4.78 is 5.60. The van der Waals surface area contributed by atoms with Crippen LogP contribution in [-0.2, 0) is 9.59 Å². The Hall–Kier alpha value is -2.82. The molecule has 130 valence electrons. The van der Waals surface area contributed by atoms with Gasteiger partial charge in [-0.05, 0) is 37.6 Å². The van der Waals surface area contributed by atoms with E-state index < -0.39 is 0 Å². The molecule has 2 aromatic rings. The van der Waals surface area contributed by atoms with Crippen LogP contribution in [0.25, 0.3) is 0 Å². The Labute approximate surface area is 147 Å². The average molecular weight is 338 g/mol. The van der Waals surface area contributed by atoms with E-state index in [4.69, 9.17) is 4.74 Å². The Kier molecular flexibility index (Phi) is 5.03. The molecule has 0 unspecified atom stereocenters. The van der Waals surface area contributed by atoms with Gasteiger partial charge in [0.1, 0.15) is 12.3 Å². The highest BCUT2D eigenvalue weighted by atomic mass is 16.5. The van der Waals surface area contributed by atoms with Crippen LogP contribution in [0, 0.1) is 13.8 Å². The molecule has 0 aliphatic carbocycles. The van der Waals surface area contributed by atoms with Gasteiger partial charge in [-0.1, -0.05) is 35.9 Å². The molecule has 5 heteroatoms. The van der Waals surface area contributed by atoms with E-state index in [1.165, 1.54) is 0 Å². The highest BCUT2D eigenvalue weighted by Gasteiger charge is 2.28. The minimum atomic E-state index is -0.167. The number of carbonyl (C=O) groups excluding carboxylic acids is 2. The van der Waals surface area contributed by atoms with Gasteiger partial charge in [0, 0.05) is 18.8 Å². The quantitative estimate of drug-likeness (QED) is 0.861. The topological polar surface area (TPSA) is 49.9 Å². The van der Waals surface area contributed by atoms with Crippen LogP contribution >= 0.6 is 0 Å². The predicted molar refractivity (Wildman–Crippen MR) is 96.8 cm³/mol. The van der Waals surface area contributed by atoms with Crippen LogP contribution in [0.2, 0.25) is 0 Å². The Balaban J connectivity index is 1.57. The Morgan fingerprint density at radius 2 is 1.76 bits per heavy atom. The zero-order valence-corrected chi connectivity index (χ0v) is 14.6. The van der Waals surface area contributed by atoms with Crippen LogP contribution in [0.1, 0.15) is 11.1 Å². The summed E-state index contributed by atoms with van der Waals surface area (Å²) >= 11 is 0. The lowest BCUT2D eigenvalue weighted by atomic mass is 10.2. The maximum Gasteiger partial charge on any atom is 0.261 e. The van der Waals surface area contributed by atoms with Crippen LogP contribution < -0.4 is 9.64 Å². The number of nitrogens with zero attached hydrogens (tertiary/aromatic N) is 2. The average Bonchev–Trinajstić information content (AvgIpc) is 2.61. The molecular formula is C20H22N2O3. The van der Waals surface area contributed by atoms with Crippen molar-refractivity contribution in [3.63, 3.8) is 0 Å². The van der Waals surface area contributed by atoms with Crippen molar-refractivity contribution in [1.29, 1.82) is 0 Å². The summed E-state index contributed by atoms with van der Waals surface area (Å²) in [5, 5.41) is 0. The van der Waals surface area contributed by atoms with Crippen molar-refractivity contribution >= 4 is 17.5 Å². The van der Waals surface area contributed by atoms with Crippen molar-refractivity contribution in [1.82, 2.24) is 4.90 Å². The fourth-order valence-corrected chi connectivity index (χ4v) is 2.83. The van der Waals surface area contributed by atoms with Gasteiger partial charge in [0.15, 0.2) is 6.61 Å². The first-order chi connectivity index (χ1) is 12.0. The SMILES string of the molecule is Cc1ccc(N2CCN(C(=O)COc3ccccc3C)CC2=O)cc1. The van der Waals surface area contributed by atoms with Gasteiger partial charge in [0.05, 0.1) is 0 Å². The number of hydrogen-bond donors (Lipinski definition) is 0. The van der Waals surface area contributed by atoms with Crippen LogP contribution in [-0.4, -0.2) is 43.0 Å². The molecular weight excluding hydrogens is 316 g/mol. The van der Waals surface area contributed by atoms with Crippen molar-refractivity contribution in [2.24, 2.45) is 0 Å².